The van der Waals surface area contributed by atoms with Gasteiger partial charge in [-0.15, -0.1) is 0 Å². The molecule has 110 valence electrons. The fourth-order valence-corrected chi connectivity index (χ4v) is 2.12. The van der Waals surface area contributed by atoms with Crippen molar-refractivity contribution in [3.05, 3.63) is 53.5 Å². The van der Waals surface area contributed by atoms with Gasteiger partial charge in [-0.05, 0) is 44.7 Å². The molecule has 0 fully saturated rings. The summed E-state index contributed by atoms with van der Waals surface area (Å²) in [4.78, 5) is 2.19. The van der Waals surface area contributed by atoms with E-state index in [0.717, 1.165) is 31.0 Å². The van der Waals surface area contributed by atoms with Crippen LogP contribution in [0.15, 0.2) is 40.8 Å². The number of hydrogen-bond acceptors (Lipinski definition) is 4. The Kier molecular flexibility index (Phi) is 5.42. The molecule has 4 heteroatoms. The summed E-state index contributed by atoms with van der Waals surface area (Å²) < 4.78 is 11.2. The first-order chi connectivity index (χ1) is 10.2. The lowest BCUT2D eigenvalue weighted by Crippen LogP contribution is -2.20. The van der Waals surface area contributed by atoms with Gasteiger partial charge in [0.05, 0.1) is 18.7 Å². The van der Waals surface area contributed by atoms with Crippen molar-refractivity contribution in [1.82, 2.24) is 4.90 Å². The summed E-state index contributed by atoms with van der Waals surface area (Å²) in [7, 11) is 2.06. The standard InChI is InChI=1S/C17H20N2O2/c1-14-8-9-16(21-14)13-19(2)10-5-11-20-17-7-4-3-6-15(17)12-18/h3-4,6-9H,5,10-11,13H2,1-2H3. The van der Waals surface area contributed by atoms with Crippen molar-refractivity contribution < 1.29 is 9.15 Å². The second-order valence-corrected chi connectivity index (χ2v) is 5.06. The maximum atomic E-state index is 8.98. The first kappa shape index (κ1) is 15.1. The smallest absolute Gasteiger partial charge is 0.137 e. The molecule has 4 nitrogen and oxygen atoms in total. The van der Waals surface area contributed by atoms with Gasteiger partial charge in [-0.2, -0.15) is 5.26 Å². The van der Waals surface area contributed by atoms with E-state index in [2.05, 4.69) is 18.0 Å². The van der Waals surface area contributed by atoms with Gasteiger partial charge < -0.3 is 9.15 Å². The maximum Gasteiger partial charge on any atom is 0.137 e. The molecule has 0 unspecified atom stereocenters. The molecule has 0 spiro atoms. The minimum absolute atomic E-state index is 0.580. The summed E-state index contributed by atoms with van der Waals surface area (Å²) in [5.74, 6) is 2.57. The van der Waals surface area contributed by atoms with Crippen LogP contribution in [0.2, 0.25) is 0 Å². The zero-order chi connectivity index (χ0) is 15.1. The van der Waals surface area contributed by atoms with Gasteiger partial charge in [0.15, 0.2) is 0 Å². The molecule has 1 aromatic carbocycles. The number of furan rings is 1. The van der Waals surface area contributed by atoms with Crippen LogP contribution < -0.4 is 4.74 Å². The molecule has 0 saturated heterocycles. The summed E-state index contributed by atoms with van der Waals surface area (Å²) in [5, 5.41) is 8.98. The Bertz CT molecular complexity index is 613. The van der Waals surface area contributed by atoms with Crippen molar-refractivity contribution in [2.45, 2.75) is 19.9 Å². The third-order valence-corrected chi connectivity index (χ3v) is 3.17. The van der Waals surface area contributed by atoms with E-state index in [1.54, 1.807) is 6.07 Å². The monoisotopic (exact) mass is 284 g/mol. The van der Waals surface area contributed by atoms with E-state index in [1.807, 2.05) is 37.3 Å². The Hall–Kier alpha value is -2.25. The van der Waals surface area contributed by atoms with Crippen LogP contribution in [0.25, 0.3) is 0 Å². The third kappa shape index (κ3) is 4.66. The molecule has 0 atom stereocenters. The van der Waals surface area contributed by atoms with Gasteiger partial charge in [-0.25, -0.2) is 0 Å². The van der Waals surface area contributed by atoms with Gasteiger partial charge in [-0.1, -0.05) is 12.1 Å². The summed E-state index contributed by atoms with van der Waals surface area (Å²) in [6.07, 6.45) is 0.899. The second kappa shape index (κ2) is 7.51. The van der Waals surface area contributed by atoms with Gasteiger partial charge in [-0.3, -0.25) is 4.90 Å². The highest BCUT2D eigenvalue weighted by atomic mass is 16.5. The molecular formula is C17H20N2O2. The number of aryl methyl sites for hydroxylation is 1. The van der Waals surface area contributed by atoms with Crippen LogP contribution in [0, 0.1) is 18.3 Å². The van der Waals surface area contributed by atoms with Gasteiger partial charge in [0.25, 0.3) is 0 Å². The van der Waals surface area contributed by atoms with Crippen LogP contribution in [0.1, 0.15) is 23.5 Å². The van der Waals surface area contributed by atoms with Crippen molar-refractivity contribution in [2.75, 3.05) is 20.2 Å². The molecule has 1 heterocycles. The molecule has 0 bridgehead atoms. The van der Waals surface area contributed by atoms with Crippen LogP contribution in [0.3, 0.4) is 0 Å². The summed E-state index contributed by atoms with van der Waals surface area (Å²) in [6.45, 7) is 4.25. The van der Waals surface area contributed by atoms with Crippen LogP contribution >= 0.6 is 0 Å². The molecule has 0 radical (unpaired) electrons. The molecule has 21 heavy (non-hydrogen) atoms. The Morgan fingerprint density at radius 1 is 1.24 bits per heavy atom. The lowest BCUT2D eigenvalue weighted by atomic mass is 10.2. The van der Waals surface area contributed by atoms with E-state index in [4.69, 9.17) is 14.4 Å². The highest BCUT2D eigenvalue weighted by Gasteiger charge is 2.05. The van der Waals surface area contributed by atoms with Crippen LogP contribution in [0.4, 0.5) is 0 Å². The molecule has 0 aliphatic heterocycles. The van der Waals surface area contributed by atoms with E-state index < -0.39 is 0 Å². The predicted octanol–water partition coefficient (Wildman–Crippen LogP) is 3.36. The average molecular weight is 284 g/mol. The van der Waals surface area contributed by atoms with Crippen molar-refractivity contribution in [1.29, 1.82) is 5.26 Å². The van der Waals surface area contributed by atoms with Crippen molar-refractivity contribution in [3.8, 4) is 11.8 Å². The summed E-state index contributed by atoms with van der Waals surface area (Å²) >= 11 is 0. The van der Waals surface area contributed by atoms with Crippen LogP contribution in [0.5, 0.6) is 5.75 Å². The number of nitriles is 1. The first-order valence-corrected chi connectivity index (χ1v) is 7.05. The average Bonchev–Trinajstić information content (AvgIpc) is 2.89. The quantitative estimate of drug-likeness (QED) is 0.731. The number of ether oxygens (including phenoxy) is 1. The maximum absolute atomic E-state index is 8.98. The van der Waals surface area contributed by atoms with E-state index in [0.29, 0.717) is 17.9 Å². The molecule has 0 aliphatic rings. The SMILES string of the molecule is Cc1ccc(CN(C)CCCOc2ccccc2C#N)o1. The number of para-hydroxylation sites is 1. The van der Waals surface area contributed by atoms with E-state index in [9.17, 15) is 0 Å². The van der Waals surface area contributed by atoms with Gasteiger partial charge in [0.2, 0.25) is 0 Å². The summed E-state index contributed by atoms with van der Waals surface area (Å²) in [5.41, 5.74) is 0.580. The van der Waals surface area contributed by atoms with Crippen molar-refractivity contribution in [3.63, 3.8) is 0 Å². The molecule has 2 aromatic rings. The number of nitrogens with zero attached hydrogens (tertiary/aromatic N) is 2. The fraction of sp³-hybridized carbons (Fsp3) is 0.353. The zero-order valence-corrected chi connectivity index (χ0v) is 12.5. The Morgan fingerprint density at radius 3 is 2.76 bits per heavy atom. The van der Waals surface area contributed by atoms with Crippen molar-refractivity contribution >= 4 is 0 Å². The largest absolute Gasteiger partial charge is 0.492 e. The lowest BCUT2D eigenvalue weighted by molar-refractivity contribution is 0.246. The molecule has 0 saturated carbocycles. The van der Waals surface area contributed by atoms with Gasteiger partial charge in [0, 0.05) is 6.54 Å². The Labute approximate surface area is 125 Å². The molecule has 0 aliphatic carbocycles. The molecule has 1 aromatic heterocycles. The minimum Gasteiger partial charge on any atom is -0.492 e. The number of hydrogen-bond donors (Lipinski definition) is 0. The predicted molar refractivity (Wildman–Crippen MR) is 81.0 cm³/mol. The van der Waals surface area contributed by atoms with Crippen molar-refractivity contribution in [2.24, 2.45) is 0 Å². The summed E-state index contributed by atoms with van der Waals surface area (Å²) in [6, 6.07) is 13.4. The number of benzene rings is 1. The van der Waals surface area contributed by atoms with Crippen LogP contribution in [-0.4, -0.2) is 25.1 Å². The lowest BCUT2D eigenvalue weighted by Gasteiger charge is -2.15. The Morgan fingerprint density at radius 2 is 2.05 bits per heavy atom. The Balaban J connectivity index is 1.71. The normalized spacial score (nSPS) is 10.6. The topological polar surface area (TPSA) is 49.4 Å². The third-order valence-electron chi connectivity index (χ3n) is 3.17. The number of rotatable bonds is 7. The van der Waals surface area contributed by atoms with Gasteiger partial charge in [0.1, 0.15) is 23.3 Å². The highest BCUT2D eigenvalue weighted by molar-refractivity contribution is 5.42. The zero-order valence-electron chi connectivity index (χ0n) is 12.5. The van der Waals surface area contributed by atoms with Gasteiger partial charge >= 0.3 is 0 Å². The molecular weight excluding hydrogens is 264 g/mol. The molecule has 0 amide bonds. The fourth-order valence-electron chi connectivity index (χ4n) is 2.12. The molecule has 0 N–H and O–H groups in total. The first-order valence-electron chi connectivity index (χ1n) is 7.05. The van der Waals surface area contributed by atoms with E-state index >= 15 is 0 Å². The molecule has 2 rings (SSSR count). The second-order valence-electron chi connectivity index (χ2n) is 5.06. The van der Waals surface area contributed by atoms with E-state index in [-0.39, 0.29) is 0 Å². The van der Waals surface area contributed by atoms with E-state index in [1.165, 1.54) is 0 Å². The minimum atomic E-state index is 0.580. The highest BCUT2D eigenvalue weighted by Crippen LogP contribution is 2.16. The van der Waals surface area contributed by atoms with Crippen LogP contribution in [-0.2, 0) is 6.54 Å².